The Bertz CT molecular complexity index is 2210. The SMILES string of the molecule is CCCCn1c(-c2cc(C(C)(C)C)cc(C(C)(C)C)c2)nc2c([N-]c3c(C(C)C)cccc3C(C)C)cccc21.[CH2-]c1ccccc1.[CH2-]c1ccccc1.[CH2-]c1ccccc1.[Hf+4]. The predicted molar refractivity (Wildman–Crippen MR) is 267 cm³/mol. The van der Waals surface area contributed by atoms with E-state index in [9.17, 15) is 0 Å². The molecule has 0 spiro atoms. The Balaban J connectivity index is 0.000000374. The topological polar surface area (TPSA) is 31.9 Å². The van der Waals surface area contributed by atoms with Gasteiger partial charge in [0.2, 0.25) is 0 Å². The van der Waals surface area contributed by atoms with E-state index in [1.165, 1.54) is 27.8 Å². The summed E-state index contributed by atoms with van der Waals surface area (Å²) in [7, 11) is 0. The Morgan fingerprint density at radius 2 is 0.984 bits per heavy atom. The zero-order valence-corrected chi connectivity index (χ0v) is 43.2. The Morgan fingerprint density at radius 1 is 0.565 bits per heavy atom. The largest absolute Gasteiger partial charge is 4.00 e. The molecule has 0 saturated heterocycles. The summed E-state index contributed by atoms with van der Waals surface area (Å²) in [6, 6.07) is 49.9. The molecule has 0 amide bonds. The molecule has 0 aliphatic rings. The van der Waals surface area contributed by atoms with Gasteiger partial charge >= 0.3 is 25.8 Å². The molecule has 0 aliphatic carbocycles. The van der Waals surface area contributed by atoms with Crippen molar-refractivity contribution < 1.29 is 25.8 Å². The van der Waals surface area contributed by atoms with Crippen LogP contribution in [0.15, 0.2) is 146 Å². The molecule has 1 heterocycles. The van der Waals surface area contributed by atoms with Gasteiger partial charge in [-0.3, -0.25) is 0 Å². The number of aryl methyl sites for hydroxylation is 1. The van der Waals surface area contributed by atoms with E-state index >= 15 is 0 Å². The van der Waals surface area contributed by atoms with Crippen molar-refractivity contribution in [3.63, 3.8) is 0 Å². The number of unbranched alkanes of at least 4 members (excludes halogenated alkanes) is 1. The van der Waals surface area contributed by atoms with Gasteiger partial charge in [-0.2, -0.15) is 73.9 Å². The van der Waals surface area contributed by atoms with Crippen molar-refractivity contribution in [1.82, 2.24) is 9.55 Å². The van der Waals surface area contributed by atoms with Crippen molar-refractivity contribution >= 4 is 22.4 Å². The number of para-hydroxylation sites is 2. The minimum atomic E-state index is 0. The van der Waals surface area contributed by atoms with Gasteiger partial charge in [0, 0.05) is 12.1 Å². The molecule has 0 radical (unpaired) electrons. The van der Waals surface area contributed by atoms with Gasteiger partial charge in [-0.15, -0.1) is 47.8 Å². The predicted octanol–water partition coefficient (Wildman–Crippen LogP) is 17.3. The third kappa shape index (κ3) is 15.2. The summed E-state index contributed by atoms with van der Waals surface area (Å²) in [5, 5.41) is 5.38. The third-order valence-corrected chi connectivity index (χ3v) is 10.5. The number of rotatable bonds is 8. The van der Waals surface area contributed by atoms with E-state index in [4.69, 9.17) is 10.3 Å². The van der Waals surface area contributed by atoms with E-state index in [2.05, 4.69) is 156 Å². The molecule has 1 aromatic heterocycles. The summed E-state index contributed by atoms with van der Waals surface area (Å²) in [5.41, 5.74) is 14.0. The summed E-state index contributed by atoms with van der Waals surface area (Å²) in [4.78, 5) is 5.40. The first-order chi connectivity index (χ1) is 28.9. The van der Waals surface area contributed by atoms with Crippen molar-refractivity contribution in [3.05, 3.63) is 211 Å². The van der Waals surface area contributed by atoms with Crippen LogP contribution in [0.1, 0.15) is 140 Å². The zero-order valence-electron chi connectivity index (χ0n) is 39.6. The number of nitrogens with zero attached hydrogens (tertiary/aromatic N) is 3. The molecule has 0 saturated carbocycles. The van der Waals surface area contributed by atoms with Crippen LogP contribution in [0.4, 0.5) is 11.4 Å². The average Bonchev–Trinajstić information content (AvgIpc) is 3.60. The maximum absolute atomic E-state index is 5.40. The molecule has 7 aromatic rings. The molecular formula is C58H71HfN3. The van der Waals surface area contributed by atoms with Crippen molar-refractivity contribution in [2.24, 2.45) is 0 Å². The number of hydrogen-bond donors (Lipinski definition) is 0. The number of imidazole rings is 1. The van der Waals surface area contributed by atoms with Crippen LogP contribution in [0, 0.1) is 20.8 Å². The van der Waals surface area contributed by atoms with Gasteiger partial charge in [-0.05, 0) is 58.4 Å². The van der Waals surface area contributed by atoms with Gasteiger partial charge in [0.15, 0.2) is 0 Å². The van der Waals surface area contributed by atoms with Crippen LogP contribution in [-0.4, -0.2) is 9.55 Å². The molecule has 0 bridgehead atoms. The molecule has 0 N–H and O–H groups in total. The van der Waals surface area contributed by atoms with Crippen LogP contribution >= 0.6 is 0 Å². The van der Waals surface area contributed by atoms with E-state index in [0.717, 1.165) is 64.3 Å². The summed E-state index contributed by atoms with van der Waals surface area (Å²) < 4.78 is 2.43. The second-order valence-electron chi connectivity index (χ2n) is 18.5. The fraction of sp³-hybridized carbons (Fsp3) is 0.310. The molecule has 3 nitrogen and oxygen atoms in total. The van der Waals surface area contributed by atoms with Crippen molar-refractivity contribution in [1.29, 1.82) is 0 Å². The van der Waals surface area contributed by atoms with E-state index < -0.39 is 0 Å². The molecule has 322 valence electrons. The fourth-order valence-electron chi connectivity index (χ4n) is 6.80. The maximum Gasteiger partial charge on any atom is 4.00 e. The summed E-state index contributed by atoms with van der Waals surface area (Å²) in [5.74, 6) is 1.83. The number of benzene rings is 6. The Hall–Kier alpha value is -4.93. The maximum atomic E-state index is 5.40. The Labute approximate surface area is 395 Å². The van der Waals surface area contributed by atoms with E-state index in [1.54, 1.807) is 0 Å². The summed E-state index contributed by atoms with van der Waals surface area (Å²) >= 11 is 0. The first-order valence-electron chi connectivity index (χ1n) is 22.0. The number of aromatic nitrogens is 2. The van der Waals surface area contributed by atoms with Gasteiger partial charge in [0.25, 0.3) is 0 Å². The van der Waals surface area contributed by atoms with Crippen LogP contribution in [-0.2, 0) is 43.2 Å². The molecule has 0 fully saturated rings. The standard InChI is InChI=1S/C37H50N3.3C7H7.Hf/c1-12-13-20-40-32-19-15-18-31(38-33-29(24(2)3)16-14-17-30(33)25(4)5)34(32)39-35(40)26-21-27(36(6,7)8)23-28(22-26)37(9,10)11;3*1-7-5-3-2-4-6-7;/h14-19,21-25H,12-13,20H2,1-11H3;3*2-6H,1H2;/q4*-1;+4. The summed E-state index contributed by atoms with van der Waals surface area (Å²) in [6.45, 7) is 37.2. The van der Waals surface area contributed by atoms with Crippen molar-refractivity contribution in [2.45, 2.75) is 118 Å². The average molecular weight is 989 g/mol. The Kier molecular flexibility index (Phi) is 20.0. The minimum Gasteiger partial charge on any atom is -0.656 e. The van der Waals surface area contributed by atoms with Crippen molar-refractivity contribution in [2.75, 3.05) is 0 Å². The van der Waals surface area contributed by atoms with E-state index in [-0.39, 0.29) is 36.7 Å². The normalized spacial score (nSPS) is 11.0. The quantitative estimate of drug-likeness (QED) is 0.110. The molecule has 0 unspecified atom stereocenters. The van der Waals surface area contributed by atoms with E-state index in [0.29, 0.717) is 11.8 Å². The van der Waals surface area contributed by atoms with Crippen LogP contribution < -0.4 is 0 Å². The first kappa shape index (κ1) is 51.4. The monoisotopic (exact) mass is 990 g/mol. The second kappa shape index (κ2) is 24.1. The second-order valence-corrected chi connectivity index (χ2v) is 18.5. The van der Waals surface area contributed by atoms with Gasteiger partial charge in [0.05, 0.1) is 11.0 Å². The molecule has 4 heteroatoms. The number of fused-ring (bicyclic) bond motifs is 1. The van der Waals surface area contributed by atoms with Gasteiger partial charge < -0.3 is 9.88 Å². The fourth-order valence-corrected chi connectivity index (χ4v) is 6.80. The van der Waals surface area contributed by atoms with E-state index in [1.807, 2.05) is 91.0 Å². The van der Waals surface area contributed by atoms with Crippen LogP contribution in [0.3, 0.4) is 0 Å². The molecule has 0 atom stereocenters. The Morgan fingerprint density at radius 3 is 1.34 bits per heavy atom. The van der Waals surface area contributed by atoms with Gasteiger partial charge in [-0.25, -0.2) is 4.98 Å². The van der Waals surface area contributed by atoms with Crippen LogP contribution in [0.5, 0.6) is 0 Å². The molecule has 7 rings (SSSR count). The number of hydrogen-bond acceptors (Lipinski definition) is 1. The minimum absolute atomic E-state index is 0. The molecular weight excluding hydrogens is 917 g/mol. The van der Waals surface area contributed by atoms with Crippen LogP contribution in [0.25, 0.3) is 27.7 Å². The smallest absolute Gasteiger partial charge is 0.656 e. The van der Waals surface area contributed by atoms with Gasteiger partial charge in [0.1, 0.15) is 5.82 Å². The van der Waals surface area contributed by atoms with Crippen LogP contribution in [0.2, 0.25) is 0 Å². The first-order valence-corrected chi connectivity index (χ1v) is 22.0. The zero-order chi connectivity index (χ0) is 44.7. The molecule has 0 aliphatic heterocycles. The van der Waals surface area contributed by atoms with Crippen molar-refractivity contribution in [3.8, 4) is 11.4 Å². The van der Waals surface area contributed by atoms with Gasteiger partial charge in [-0.1, -0.05) is 148 Å². The molecule has 62 heavy (non-hydrogen) atoms. The third-order valence-electron chi connectivity index (χ3n) is 10.5. The molecule has 6 aromatic carbocycles. The summed E-state index contributed by atoms with van der Waals surface area (Å²) in [6.07, 6.45) is 2.25.